The second kappa shape index (κ2) is 7.58. The van der Waals surface area contributed by atoms with E-state index in [1.54, 1.807) is 0 Å². The predicted molar refractivity (Wildman–Crippen MR) is 125 cm³/mol. The summed E-state index contributed by atoms with van der Waals surface area (Å²) >= 11 is 1.84. The molecule has 2 N–H and O–H groups in total. The Labute approximate surface area is 189 Å². The Hall–Kier alpha value is -1.40. The van der Waals surface area contributed by atoms with Gasteiger partial charge >= 0.3 is 0 Å². The molecule has 2 aromatic rings. The standard InChI is InChI=1S/C26H34N2O2S/c29-21-6-5-20-16-24-26(30)10-13-27(11-7-22-2-1-15-31-22)12-8-25(26,23(20)17-21)9-14-28(24)18-19-3-4-19/h1-2,5-6,15,17,19,24,29-30H,3-4,7-14,16,18H2/t24-,25+,26-/m1/s1. The average molecular weight is 439 g/mol. The van der Waals surface area contributed by atoms with Gasteiger partial charge in [-0.3, -0.25) is 4.90 Å². The van der Waals surface area contributed by atoms with E-state index in [1.165, 1.54) is 28.8 Å². The first-order valence-corrected chi connectivity index (χ1v) is 13.0. The Balaban J connectivity index is 1.33. The van der Waals surface area contributed by atoms with Gasteiger partial charge in [0.1, 0.15) is 5.75 Å². The van der Waals surface area contributed by atoms with Gasteiger partial charge in [-0.1, -0.05) is 12.1 Å². The normalized spacial score (nSPS) is 33.5. The highest BCUT2D eigenvalue weighted by molar-refractivity contribution is 7.09. The number of hydrogen-bond acceptors (Lipinski definition) is 5. The zero-order valence-electron chi connectivity index (χ0n) is 18.3. The number of nitrogens with zero attached hydrogens (tertiary/aromatic N) is 2. The second-order valence-corrected chi connectivity index (χ2v) is 11.5. The largest absolute Gasteiger partial charge is 0.508 e. The van der Waals surface area contributed by atoms with E-state index in [-0.39, 0.29) is 11.5 Å². The Morgan fingerprint density at radius 1 is 1.06 bits per heavy atom. The highest BCUT2D eigenvalue weighted by Crippen LogP contribution is 2.56. The van der Waals surface area contributed by atoms with E-state index in [4.69, 9.17) is 0 Å². The van der Waals surface area contributed by atoms with E-state index in [2.05, 4.69) is 33.4 Å². The molecule has 1 saturated carbocycles. The number of aromatic hydroxyl groups is 1. The third kappa shape index (κ3) is 3.36. The molecule has 31 heavy (non-hydrogen) atoms. The number of piperidine rings is 1. The highest BCUT2D eigenvalue weighted by Gasteiger charge is 2.63. The fourth-order valence-electron chi connectivity index (χ4n) is 6.86. The smallest absolute Gasteiger partial charge is 0.115 e. The molecule has 3 fully saturated rings. The number of benzene rings is 1. The maximum atomic E-state index is 12.5. The Kier molecular flexibility index (Phi) is 4.95. The fourth-order valence-corrected chi connectivity index (χ4v) is 7.56. The summed E-state index contributed by atoms with van der Waals surface area (Å²) in [7, 11) is 0. The van der Waals surface area contributed by atoms with Crippen molar-refractivity contribution in [2.75, 3.05) is 32.7 Å². The first-order chi connectivity index (χ1) is 15.1. The van der Waals surface area contributed by atoms with Crippen molar-refractivity contribution in [2.24, 2.45) is 5.92 Å². The molecule has 1 aromatic heterocycles. The van der Waals surface area contributed by atoms with Crippen LogP contribution in [0.3, 0.4) is 0 Å². The van der Waals surface area contributed by atoms with Gasteiger partial charge in [-0.2, -0.15) is 0 Å². The number of rotatable bonds is 5. The lowest BCUT2D eigenvalue weighted by Gasteiger charge is -2.61. The van der Waals surface area contributed by atoms with Gasteiger partial charge < -0.3 is 15.1 Å². The molecule has 2 aliphatic heterocycles. The van der Waals surface area contributed by atoms with Gasteiger partial charge in [-0.15, -0.1) is 11.3 Å². The summed E-state index contributed by atoms with van der Waals surface area (Å²) in [5, 5.41) is 25.0. The van der Waals surface area contributed by atoms with Gasteiger partial charge in [0.05, 0.1) is 5.60 Å². The summed E-state index contributed by atoms with van der Waals surface area (Å²) in [6, 6.07) is 10.5. The van der Waals surface area contributed by atoms with Crippen LogP contribution in [0.5, 0.6) is 5.75 Å². The predicted octanol–water partition coefficient (Wildman–Crippen LogP) is 3.80. The second-order valence-electron chi connectivity index (χ2n) is 10.4. The molecule has 2 bridgehead atoms. The van der Waals surface area contributed by atoms with Crippen molar-refractivity contribution in [3.8, 4) is 5.75 Å². The lowest BCUT2D eigenvalue weighted by atomic mass is 9.52. The zero-order valence-corrected chi connectivity index (χ0v) is 19.1. The maximum absolute atomic E-state index is 12.5. The van der Waals surface area contributed by atoms with Crippen molar-refractivity contribution in [1.82, 2.24) is 9.80 Å². The van der Waals surface area contributed by atoms with Crippen LogP contribution in [0.2, 0.25) is 0 Å². The third-order valence-electron chi connectivity index (χ3n) is 8.78. The Bertz CT molecular complexity index is 943. The molecule has 0 unspecified atom stereocenters. The maximum Gasteiger partial charge on any atom is 0.115 e. The van der Waals surface area contributed by atoms with Crippen molar-refractivity contribution >= 4 is 11.3 Å². The quantitative estimate of drug-likeness (QED) is 0.745. The first kappa shape index (κ1) is 20.2. The summed E-state index contributed by atoms with van der Waals surface area (Å²) in [6.45, 7) is 5.28. The van der Waals surface area contributed by atoms with Gasteiger partial charge in [0.25, 0.3) is 0 Å². The summed E-state index contributed by atoms with van der Waals surface area (Å²) in [5.74, 6) is 1.18. The monoisotopic (exact) mass is 438 g/mol. The van der Waals surface area contributed by atoms with Crippen molar-refractivity contribution in [1.29, 1.82) is 0 Å². The molecule has 4 nitrogen and oxygen atoms in total. The number of thiophene rings is 1. The molecule has 3 atom stereocenters. The molecule has 166 valence electrons. The van der Waals surface area contributed by atoms with Crippen molar-refractivity contribution in [3.05, 3.63) is 51.7 Å². The van der Waals surface area contributed by atoms with Crippen LogP contribution in [0.1, 0.15) is 48.1 Å². The van der Waals surface area contributed by atoms with Gasteiger partial charge in [0.15, 0.2) is 0 Å². The molecule has 6 rings (SSSR count). The highest BCUT2D eigenvalue weighted by atomic mass is 32.1. The van der Waals surface area contributed by atoms with Crippen LogP contribution < -0.4 is 0 Å². The Morgan fingerprint density at radius 2 is 1.90 bits per heavy atom. The molecule has 1 aromatic carbocycles. The van der Waals surface area contributed by atoms with Crippen LogP contribution >= 0.6 is 11.3 Å². The molecular formula is C26H34N2O2S. The number of aliphatic hydroxyl groups is 1. The van der Waals surface area contributed by atoms with Gasteiger partial charge in [-0.05, 0) is 98.7 Å². The number of phenols is 1. The minimum atomic E-state index is -0.710. The zero-order chi connectivity index (χ0) is 21.1. The lowest BCUT2D eigenvalue weighted by Crippen LogP contribution is -2.71. The minimum absolute atomic E-state index is 0.205. The molecule has 0 radical (unpaired) electrons. The van der Waals surface area contributed by atoms with Crippen molar-refractivity contribution in [3.63, 3.8) is 0 Å². The van der Waals surface area contributed by atoms with Gasteiger partial charge in [-0.25, -0.2) is 0 Å². The van der Waals surface area contributed by atoms with Crippen LogP contribution in [0.25, 0.3) is 0 Å². The molecular weight excluding hydrogens is 404 g/mol. The van der Waals surface area contributed by atoms with Crippen LogP contribution in [-0.2, 0) is 18.3 Å². The van der Waals surface area contributed by atoms with E-state index >= 15 is 0 Å². The number of likely N-dealkylation sites (tertiary alicyclic amines) is 2. The van der Waals surface area contributed by atoms with Crippen LogP contribution in [-0.4, -0.2) is 64.4 Å². The molecule has 0 amide bonds. The van der Waals surface area contributed by atoms with E-state index in [9.17, 15) is 10.2 Å². The van der Waals surface area contributed by atoms with Gasteiger partial charge in [0.2, 0.25) is 0 Å². The topological polar surface area (TPSA) is 46.9 Å². The van der Waals surface area contributed by atoms with Crippen molar-refractivity contribution in [2.45, 2.75) is 62.0 Å². The Morgan fingerprint density at radius 3 is 2.71 bits per heavy atom. The van der Waals surface area contributed by atoms with Gasteiger partial charge in [0, 0.05) is 36.0 Å². The number of fused-ring (bicyclic) bond motifs is 1. The number of phenolic OH excluding ortho intramolecular Hbond substituents is 1. The average Bonchev–Trinajstić information content (AvgIpc) is 3.46. The SMILES string of the molecule is Oc1ccc2c(c1)[C@@]13CCN(CCc4cccs4)CC[C@@]1(O)[C@@H](C2)N(CC1CC1)CC3. The summed E-state index contributed by atoms with van der Waals surface area (Å²) in [4.78, 5) is 6.66. The van der Waals surface area contributed by atoms with E-state index in [0.29, 0.717) is 5.75 Å². The molecule has 5 heteroatoms. The molecule has 2 saturated heterocycles. The number of hydrogen-bond donors (Lipinski definition) is 2. The summed E-state index contributed by atoms with van der Waals surface area (Å²) < 4.78 is 0. The molecule has 0 spiro atoms. The van der Waals surface area contributed by atoms with Crippen LogP contribution in [0.15, 0.2) is 35.7 Å². The van der Waals surface area contributed by atoms with E-state index in [0.717, 1.165) is 70.7 Å². The van der Waals surface area contributed by atoms with Crippen LogP contribution in [0.4, 0.5) is 0 Å². The van der Waals surface area contributed by atoms with E-state index in [1.807, 2.05) is 23.5 Å². The molecule has 2 aliphatic carbocycles. The third-order valence-corrected chi connectivity index (χ3v) is 9.71. The molecule has 4 aliphatic rings. The van der Waals surface area contributed by atoms with Crippen LogP contribution in [0, 0.1) is 5.92 Å². The first-order valence-electron chi connectivity index (χ1n) is 12.1. The lowest BCUT2D eigenvalue weighted by molar-refractivity contribution is -0.149. The molecule has 3 heterocycles. The minimum Gasteiger partial charge on any atom is -0.508 e. The fraction of sp³-hybridized carbons (Fsp3) is 0.615. The van der Waals surface area contributed by atoms with Crippen molar-refractivity contribution < 1.29 is 10.2 Å². The summed E-state index contributed by atoms with van der Waals surface area (Å²) in [6.07, 6.45) is 7.54. The van der Waals surface area contributed by atoms with E-state index < -0.39 is 5.60 Å². The summed E-state index contributed by atoms with van der Waals surface area (Å²) in [5.41, 5.74) is 1.64.